The first-order valence-corrected chi connectivity index (χ1v) is 7.74. The van der Waals surface area contributed by atoms with E-state index < -0.39 is 28.2 Å². The van der Waals surface area contributed by atoms with Gasteiger partial charge in [-0.1, -0.05) is 10.5 Å². The van der Waals surface area contributed by atoms with Crippen LogP contribution in [0.1, 0.15) is 32.6 Å². The molecule has 1 aromatic rings. The fourth-order valence-electron chi connectivity index (χ4n) is 1.24. The summed E-state index contributed by atoms with van der Waals surface area (Å²) in [4.78, 5) is 11.5. The van der Waals surface area contributed by atoms with Gasteiger partial charge in [0.25, 0.3) is 0 Å². The molecule has 0 saturated heterocycles. The molecule has 0 bridgehead atoms. The predicted molar refractivity (Wildman–Crippen MR) is 79.4 cm³/mol. The number of rotatable bonds is 4. The van der Waals surface area contributed by atoms with E-state index in [2.05, 4.69) is 9.71 Å². The van der Waals surface area contributed by atoms with Crippen molar-refractivity contribution < 1.29 is 14.5 Å². The molecule has 1 amide bonds. The Hall–Kier alpha value is -1.05. The Morgan fingerprint density at radius 2 is 2.21 bits per heavy atom. The lowest BCUT2D eigenvalue weighted by molar-refractivity contribution is 0.193. The Labute approximate surface area is 120 Å². The van der Waals surface area contributed by atoms with Crippen LogP contribution in [0.3, 0.4) is 0 Å². The average molecular weight is 302 g/mol. The standard InChI is InChI=1S/C12H18N2O3S2/c1-8(13-11(15)16)10(9-6-5-7-18-9)14-19(17)12(2,3)4/h5-8,13H,1-4H3,(H,15,16)/b14-10+/t8-,19?/m0/s1. The zero-order valence-corrected chi connectivity index (χ0v) is 13.0. The van der Waals surface area contributed by atoms with Crippen molar-refractivity contribution >= 4 is 34.5 Å². The molecule has 19 heavy (non-hydrogen) atoms. The van der Waals surface area contributed by atoms with Gasteiger partial charge in [-0.05, 0) is 39.1 Å². The Morgan fingerprint density at radius 1 is 1.58 bits per heavy atom. The number of thiophene rings is 1. The Balaban J connectivity index is 3.06. The smallest absolute Gasteiger partial charge is 0.405 e. The molecule has 2 atom stereocenters. The van der Waals surface area contributed by atoms with Crippen LogP contribution >= 0.6 is 11.3 Å². The fraction of sp³-hybridized carbons (Fsp3) is 0.500. The highest BCUT2D eigenvalue weighted by Gasteiger charge is 2.29. The van der Waals surface area contributed by atoms with E-state index in [1.54, 1.807) is 6.92 Å². The number of hydrogen-bond acceptors (Lipinski definition) is 4. The minimum absolute atomic E-state index is 0.481. The van der Waals surface area contributed by atoms with Crippen molar-refractivity contribution in [1.29, 1.82) is 0 Å². The molecule has 0 aliphatic heterocycles. The maximum absolute atomic E-state index is 12.1. The molecule has 0 radical (unpaired) electrons. The first-order valence-electron chi connectivity index (χ1n) is 5.75. The lowest BCUT2D eigenvalue weighted by atomic mass is 10.2. The van der Waals surface area contributed by atoms with E-state index in [4.69, 9.17) is 5.11 Å². The molecule has 1 rings (SSSR count). The summed E-state index contributed by atoms with van der Waals surface area (Å²) in [6.07, 6.45) is -1.13. The minimum atomic E-state index is -1.43. The van der Waals surface area contributed by atoms with Gasteiger partial charge in [0.2, 0.25) is 0 Å². The second-order valence-corrected chi connectivity index (χ2v) is 7.84. The van der Waals surface area contributed by atoms with Gasteiger partial charge in [-0.3, -0.25) is 0 Å². The third-order valence-corrected chi connectivity index (χ3v) is 4.53. The second kappa shape index (κ2) is 6.40. The van der Waals surface area contributed by atoms with E-state index >= 15 is 0 Å². The first kappa shape index (κ1) is 16.0. The van der Waals surface area contributed by atoms with Gasteiger partial charge < -0.3 is 15.0 Å². The molecule has 0 aromatic carbocycles. The first-order chi connectivity index (χ1) is 8.71. The van der Waals surface area contributed by atoms with Crippen molar-refractivity contribution in [2.24, 2.45) is 4.40 Å². The molecule has 1 heterocycles. The van der Waals surface area contributed by atoms with Crippen LogP contribution in [-0.4, -0.2) is 32.3 Å². The van der Waals surface area contributed by atoms with Gasteiger partial charge in [-0.2, -0.15) is 0 Å². The van der Waals surface area contributed by atoms with Gasteiger partial charge in [0, 0.05) is 0 Å². The topological polar surface area (TPSA) is 84.8 Å². The van der Waals surface area contributed by atoms with Crippen LogP contribution in [-0.2, 0) is 11.4 Å². The van der Waals surface area contributed by atoms with Crippen molar-refractivity contribution in [2.45, 2.75) is 38.5 Å². The van der Waals surface area contributed by atoms with Crippen LogP contribution in [0, 0.1) is 0 Å². The zero-order chi connectivity index (χ0) is 14.6. The molecule has 5 nitrogen and oxygen atoms in total. The summed E-state index contributed by atoms with van der Waals surface area (Å²) in [5.74, 6) is 0. The molecule has 7 heteroatoms. The lowest BCUT2D eigenvalue weighted by Crippen LogP contribution is -2.39. The van der Waals surface area contributed by atoms with Crippen molar-refractivity contribution in [3.05, 3.63) is 22.4 Å². The largest absolute Gasteiger partial charge is 0.591 e. The summed E-state index contributed by atoms with van der Waals surface area (Å²) in [5, 5.41) is 13.0. The summed E-state index contributed by atoms with van der Waals surface area (Å²) in [5.41, 5.74) is 0.505. The quantitative estimate of drug-likeness (QED) is 0.662. The molecule has 0 fully saturated rings. The number of carbonyl (C=O) groups is 1. The van der Waals surface area contributed by atoms with Gasteiger partial charge >= 0.3 is 6.09 Å². The minimum Gasteiger partial charge on any atom is -0.591 e. The van der Waals surface area contributed by atoms with Gasteiger partial charge in [-0.15, -0.1) is 11.3 Å². The van der Waals surface area contributed by atoms with E-state index in [9.17, 15) is 9.35 Å². The number of carboxylic acid groups (broad SMARTS) is 1. The summed E-state index contributed by atoms with van der Waals surface area (Å²) in [7, 11) is 0. The monoisotopic (exact) mass is 302 g/mol. The lowest BCUT2D eigenvalue weighted by Gasteiger charge is -2.20. The summed E-state index contributed by atoms with van der Waals surface area (Å²) < 4.78 is 15.8. The number of nitrogens with zero attached hydrogens (tertiary/aromatic N) is 1. The van der Waals surface area contributed by atoms with E-state index in [1.807, 2.05) is 38.3 Å². The van der Waals surface area contributed by atoms with Crippen LogP contribution in [0.5, 0.6) is 0 Å². The van der Waals surface area contributed by atoms with Crippen LogP contribution < -0.4 is 5.32 Å². The van der Waals surface area contributed by atoms with Crippen molar-refractivity contribution in [3.8, 4) is 0 Å². The molecular weight excluding hydrogens is 284 g/mol. The second-order valence-electron chi connectivity index (χ2n) is 4.99. The van der Waals surface area contributed by atoms with Gasteiger partial charge in [0.1, 0.15) is 21.8 Å². The molecule has 0 aliphatic rings. The summed E-state index contributed by atoms with van der Waals surface area (Å²) >= 11 is 0.0152. The van der Waals surface area contributed by atoms with E-state index in [0.29, 0.717) is 5.71 Å². The zero-order valence-electron chi connectivity index (χ0n) is 11.3. The van der Waals surface area contributed by atoms with Crippen LogP contribution in [0.4, 0.5) is 4.79 Å². The molecule has 106 valence electrons. The maximum atomic E-state index is 12.1. The third-order valence-electron chi connectivity index (χ3n) is 2.23. The van der Waals surface area contributed by atoms with E-state index in [-0.39, 0.29) is 0 Å². The number of nitrogens with one attached hydrogen (secondary N) is 1. The maximum Gasteiger partial charge on any atom is 0.405 e. The predicted octanol–water partition coefficient (Wildman–Crippen LogP) is 2.66. The highest BCUT2D eigenvalue weighted by molar-refractivity contribution is 7.91. The van der Waals surface area contributed by atoms with E-state index in [1.165, 1.54) is 11.3 Å². The van der Waals surface area contributed by atoms with Crippen molar-refractivity contribution in [1.82, 2.24) is 5.32 Å². The molecule has 0 spiro atoms. The van der Waals surface area contributed by atoms with Gasteiger partial charge in [-0.25, -0.2) is 4.79 Å². The highest BCUT2D eigenvalue weighted by atomic mass is 32.2. The van der Waals surface area contributed by atoms with E-state index in [0.717, 1.165) is 4.88 Å². The fourth-order valence-corrected chi connectivity index (χ4v) is 2.81. The Morgan fingerprint density at radius 3 is 2.63 bits per heavy atom. The molecular formula is C12H18N2O3S2. The summed E-state index contributed by atoms with van der Waals surface area (Å²) in [6, 6.07) is 3.18. The Bertz CT molecular complexity index is 452. The van der Waals surface area contributed by atoms with Gasteiger partial charge in [0.15, 0.2) is 0 Å². The third kappa shape index (κ3) is 4.85. The average Bonchev–Trinajstić information content (AvgIpc) is 2.75. The van der Waals surface area contributed by atoms with Crippen LogP contribution in [0.2, 0.25) is 0 Å². The Kier molecular flexibility index (Phi) is 5.39. The van der Waals surface area contributed by atoms with Crippen molar-refractivity contribution in [2.75, 3.05) is 0 Å². The molecule has 0 saturated carbocycles. The van der Waals surface area contributed by atoms with Crippen LogP contribution in [0.15, 0.2) is 21.9 Å². The summed E-state index contributed by atoms with van der Waals surface area (Å²) in [6.45, 7) is 7.17. The van der Waals surface area contributed by atoms with Crippen LogP contribution in [0.25, 0.3) is 0 Å². The van der Waals surface area contributed by atoms with Gasteiger partial charge in [0.05, 0.1) is 10.9 Å². The molecule has 1 unspecified atom stereocenters. The molecule has 2 N–H and O–H groups in total. The molecule has 1 aromatic heterocycles. The highest BCUT2D eigenvalue weighted by Crippen LogP contribution is 2.21. The SMILES string of the molecule is C[C@H](NC(=O)O)/C(=N\[S+]([O-])C(C)(C)C)c1cccs1. The normalized spacial score (nSPS) is 15.9. The number of hydrogen-bond donors (Lipinski definition) is 2. The number of amides is 1. The molecule has 0 aliphatic carbocycles. The van der Waals surface area contributed by atoms with Crippen molar-refractivity contribution in [3.63, 3.8) is 0 Å².